The SMILES string of the molecule is CC(C)c1ncn(-c2ccc(Cl)nn2)n1. The predicted molar refractivity (Wildman–Crippen MR) is 56.0 cm³/mol. The third-order valence-corrected chi connectivity index (χ3v) is 2.08. The van der Waals surface area contributed by atoms with Gasteiger partial charge in [0.15, 0.2) is 16.8 Å². The molecule has 2 heterocycles. The first kappa shape index (κ1) is 10.0. The number of hydrogen-bond acceptors (Lipinski definition) is 4. The number of halogens is 1. The molecular formula is C9H10ClN5. The van der Waals surface area contributed by atoms with Crippen LogP contribution in [0.3, 0.4) is 0 Å². The van der Waals surface area contributed by atoms with Gasteiger partial charge in [0.25, 0.3) is 0 Å². The van der Waals surface area contributed by atoms with Gasteiger partial charge in [-0.25, -0.2) is 9.67 Å². The lowest BCUT2D eigenvalue weighted by Gasteiger charge is -1.98. The molecule has 2 aromatic rings. The van der Waals surface area contributed by atoms with Crippen molar-refractivity contribution >= 4 is 11.6 Å². The smallest absolute Gasteiger partial charge is 0.177 e. The summed E-state index contributed by atoms with van der Waals surface area (Å²) in [6.45, 7) is 4.07. The summed E-state index contributed by atoms with van der Waals surface area (Å²) in [5.74, 6) is 1.69. The Morgan fingerprint density at radius 2 is 2.07 bits per heavy atom. The fraction of sp³-hybridized carbons (Fsp3) is 0.333. The Balaban J connectivity index is 2.33. The highest BCUT2D eigenvalue weighted by molar-refractivity contribution is 6.29. The molecule has 0 saturated heterocycles. The molecule has 0 bridgehead atoms. The summed E-state index contributed by atoms with van der Waals surface area (Å²) in [6.07, 6.45) is 1.62. The molecule has 0 unspecified atom stereocenters. The lowest BCUT2D eigenvalue weighted by atomic mass is 10.2. The van der Waals surface area contributed by atoms with Crippen LogP contribution in [0.5, 0.6) is 0 Å². The summed E-state index contributed by atoms with van der Waals surface area (Å²) in [7, 11) is 0. The summed E-state index contributed by atoms with van der Waals surface area (Å²) >= 11 is 5.64. The molecule has 5 nitrogen and oxygen atoms in total. The van der Waals surface area contributed by atoms with E-state index in [4.69, 9.17) is 11.6 Å². The fourth-order valence-corrected chi connectivity index (χ4v) is 1.18. The normalized spacial score (nSPS) is 10.9. The molecule has 15 heavy (non-hydrogen) atoms. The number of nitrogens with zero attached hydrogens (tertiary/aromatic N) is 5. The number of rotatable bonds is 2. The van der Waals surface area contributed by atoms with Crippen molar-refractivity contribution in [1.29, 1.82) is 0 Å². The molecule has 78 valence electrons. The molecule has 0 amide bonds. The average molecular weight is 224 g/mol. The summed E-state index contributed by atoms with van der Waals surface area (Å²) in [6, 6.07) is 3.41. The van der Waals surface area contributed by atoms with E-state index >= 15 is 0 Å². The molecule has 6 heteroatoms. The maximum Gasteiger partial charge on any atom is 0.177 e. The molecule has 0 N–H and O–H groups in total. The van der Waals surface area contributed by atoms with Gasteiger partial charge in [0.1, 0.15) is 6.33 Å². The molecule has 0 aromatic carbocycles. The van der Waals surface area contributed by atoms with Gasteiger partial charge in [-0.3, -0.25) is 0 Å². The van der Waals surface area contributed by atoms with Gasteiger partial charge in [0.2, 0.25) is 0 Å². The van der Waals surface area contributed by atoms with Crippen molar-refractivity contribution in [1.82, 2.24) is 25.0 Å². The first-order valence-electron chi connectivity index (χ1n) is 4.58. The highest BCUT2D eigenvalue weighted by atomic mass is 35.5. The molecule has 0 atom stereocenters. The van der Waals surface area contributed by atoms with Crippen LogP contribution in [-0.4, -0.2) is 25.0 Å². The minimum Gasteiger partial charge on any atom is -0.219 e. The van der Waals surface area contributed by atoms with Crippen LogP contribution in [0.4, 0.5) is 0 Å². The lowest BCUT2D eigenvalue weighted by molar-refractivity contribution is 0.739. The minimum absolute atomic E-state index is 0.298. The van der Waals surface area contributed by atoms with Crippen LogP contribution in [0.25, 0.3) is 5.82 Å². The molecule has 0 aliphatic heterocycles. The van der Waals surface area contributed by atoms with E-state index in [-0.39, 0.29) is 0 Å². The first-order valence-corrected chi connectivity index (χ1v) is 4.96. The fourth-order valence-electron chi connectivity index (χ4n) is 1.08. The van der Waals surface area contributed by atoms with Crippen molar-refractivity contribution in [2.75, 3.05) is 0 Å². The maximum atomic E-state index is 5.64. The van der Waals surface area contributed by atoms with E-state index in [0.717, 1.165) is 5.82 Å². The van der Waals surface area contributed by atoms with Crippen LogP contribution in [0, 0.1) is 0 Å². The molecule has 2 rings (SSSR count). The van der Waals surface area contributed by atoms with Crippen LogP contribution in [0.2, 0.25) is 5.15 Å². The van der Waals surface area contributed by atoms with Gasteiger partial charge in [0.05, 0.1) is 0 Å². The third-order valence-electron chi connectivity index (χ3n) is 1.88. The van der Waals surface area contributed by atoms with Crippen molar-refractivity contribution < 1.29 is 0 Å². The zero-order valence-corrected chi connectivity index (χ0v) is 9.18. The Labute approximate surface area is 92.1 Å². The summed E-state index contributed by atoms with van der Waals surface area (Å²) < 4.78 is 1.58. The van der Waals surface area contributed by atoms with Crippen LogP contribution in [0.1, 0.15) is 25.6 Å². The Kier molecular flexibility index (Phi) is 2.64. The second-order valence-corrected chi connectivity index (χ2v) is 3.80. The van der Waals surface area contributed by atoms with Crippen LogP contribution >= 0.6 is 11.6 Å². The second kappa shape index (κ2) is 3.94. The lowest BCUT2D eigenvalue weighted by Crippen LogP contribution is -2.00. The Morgan fingerprint density at radius 1 is 1.27 bits per heavy atom. The third kappa shape index (κ3) is 2.12. The predicted octanol–water partition coefficient (Wildman–Crippen LogP) is 1.83. The summed E-state index contributed by atoms with van der Waals surface area (Å²) in [5.41, 5.74) is 0. The monoisotopic (exact) mass is 223 g/mol. The van der Waals surface area contributed by atoms with E-state index in [9.17, 15) is 0 Å². The van der Waals surface area contributed by atoms with Gasteiger partial charge in [-0.05, 0) is 12.1 Å². The first-order chi connectivity index (χ1) is 7.16. The van der Waals surface area contributed by atoms with E-state index < -0.39 is 0 Å². The Morgan fingerprint density at radius 3 is 2.60 bits per heavy atom. The molecule has 2 aromatic heterocycles. The van der Waals surface area contributed by atoms with Crippen molar-refractivity contribution in [3.05, 3.63) is 29.4 Å². The van der Waals surface area contributed by atoms with Gasteiger partial charge in [-0.15, -0.1) is 15.3 Å². The van der Waals surface area contributed by atoms with E-state index in [1.807, 2.05) is 13.8 Å². The summed E-state index contributed by atoms with van der Waals surface area (Å²) in [4.78, 5) is 4.17. The molecule has 0 aliphatic carbocycles. The average Bonchev–Trinajstić information content (AvgIpc) is 2.68. The molecule has 0 fully saturated rings. The largest absolute Gasteiger partial charge is 0.219 e. The zero-order chi connectivity index (χ0) is 10.8. The van der Waals surface area contributed by atoms with Gasteiger partial charge in [0, 0.05) is 5.92 Å². The van der Waals surface area contributed by atoms with E-state index in [0.29, 0.717) is 16.9 Å². The van der Waals surface area contributed by atoms with Gasteiger partial charge >= 0.3 is 0 Å². The summed E-state index contributed by atoms with van der Waals surface area (Å²) in [5, 5.41) is 12.3. The van der Waals surface area contributed by atoms with Crippen LogP contribution in [-0.2, 0) is 0 Å². The second-order valence-electron chi connectivity index (χ2n) is 3.42. The minimum atomic E-state index is 0.298. The quantitative estimate of drug-likeness (QED) is 0.780. The number of aromatic nitrogens is 5. The standard InChI is InChI=1S/C9H10ClN5/c1-6(2)9-11-5-15(14-9)8-4-3-7(10)12-13-8/h3-6H,1-2H3. The van der Waals surface area contributed by atoms with Crippen molar-refractivity contribution in [3.8, 4) is 5.82 Å². The van der Waals surface area contributed by atoms with E-state index in [1.165, 1.54) is 0 Å². The van der Waals surface area contributed by atoms with Crippen LogP contribution in [0.15, 0.2) is 18.5 Å². The highest BCUT2D eigenvalue weighted by Crippen LogP contribution is 2.10. The van der Waals surface area contributed by atoms with E-state index in [2.05, 4.69) is 20.3 Å². The van der Waals surface area contributed by atoms with Crippen molar-refractivity contribution in [2.45, 2.75) is 19.8 Å². The molecular weight excluding hydrogens is 214 g/mol. The topological polar surface area (TPSA) is 56.5 Å². The molecule has 0 radical (unpaired) electrons. The Bertz CT molecular complexity index is 448. The van der Waals surface area contributed by atoms with E-state index in [1.54, 1.807) is 23.1 Å². The molecule has 0 aliphatic rings. The van der Waals surface area contributed by atoms with Crippen molar-refractivity contribution in [2.24, 2.45) is 0 Å². The van der Waals surface area contributed by atoms with Crippen molar-refractivity contribution in [3.63, 3.8) is 0 Å². The van der Waals surface area contributed by atoms with Gasteiger partial charge < -0.3 is 0 Å². The highest BCUT2D eigenvalue weighted by Gasteiger charge is 2.07. The van der Waals surface area contributed by atoms with Gasteiger partial charge in [-0.2, -0.15) is 0 Å². The molecule has 0 spiro atoms. The maximum absolute atomic E-state index is 5.64. The van der Waals surface area contributed by atoms with Gasteiger partial charge in [-0.1, -0.05) is 25.4 Å². The number of hydrogen-bond donors (Lipinski definition) is 0. The Hall–Kier alpha value is -1.49. The molecule has 0 saturated carbocycles. The van der Waals surface area contributed by atoms with Crippen LogP contribution < -0.4 is 0 Å². The zero-order valence-electron chi connectivity index (χ0n) is 8.42.